The SMILES string of the molecule is CN(C)[C@@H]1CN(Cc2cnn3ccccc23)C[C@@H]1n1ccnn1. The molecule has 0 unspecified atom stereocenters. The Balaban J connectivity index is 1.56. The second-order valence-electron chi connectivity index (χ2n) is 6.38. The fraction of sp³-hybridized carbons (Fsp3) is 0.438. The highest BCUT2D eigenvalue weighted by molar-refractivity contribution is 5.53. The third-order valence-corrected chi connectivity index (χ3v) is 4.68. The topological polar surface area (TPSA) is 54.5 Å². The fourth-order valence-corrected chi connectivity index (χ4v) is 3.49. The van der Waals surface area contributed by atoms with Gasteiger partial charge in [-0.2, -0.15) is 5.10 Å². The van der Waals surface area contributed by atoms with Crippen molar-refractivity contribution in [2.45, 2.75) is 18.6 Å². The first kappa shape index (κ1) is 14.3. The average Bonchev–Trinajstić information content (AvgIpc) is 3.26. The van der Waals surface area contributed by atoms with Gasteiger partial charge in [-0.3, -0.25) is 4.90 Å². The maximum atomic E-state index is 4.44. The molecule has 0 aliphatic carbocycles. The maximum absolute atomic E-state index is 4.44. The van der Waals surface area contributed by atoms with Crippen LogP contribution in [0.25, 0.3) is 5.52 Å². The molecule has 1 saturated heterocycles. The van der Waals surface area contributed by atoms with Crippen LogP contribution in [0.4, 0.5) is 0 Å². The van der Waals surface area contributed by atoms with Crippen LogP contribution in [0.2, 0.25) is 0 Å². The molecule has 3 aromatic rings. The van der Waals surface area contributed by atoms with Gasteiger partial charge in [-0.25, -0.2) is 9.20 Å². The lowest BCUT2D eigenvalue weighted by atomic mass is 10.1. The number of likely N-dealkylation sites (tertiary alicyclic amines) is 1. The van der Waals surface area contributed by atoms with Gasteiger partial charge in [0.25, 0.3) is 0 Å². The molecule has 1 aliphatic heterocycles. The molecule has 4 rings (SSSR count). The summed E-state index contributed by atoms with van der Waals surface area (Å²) in [6, 6.07) is 6.94. The predicted molar refractivity (Wildman–Crippen MR) is 87.0 cm³/mol. The molecule has 23 heavy (non-hydrogen) atoms. The molecule has 0 radical (unpaired) electrons. The van der Waals surface area contributed by atoms with Gasteiger partial charge in [0.1, 0.15) is 0 Å². The lowest BCUT2D eigenvalue weighted by Gasteiger charge is -2.24. The Labute approximate surface area is 135 Å². The van der Waals surface area contributed by atoms with Crippen molar-refractivity contribution in [3.8, 4) is 0 Å². The first-order valence-corrected chi connectivity index (χ1v) is 7.88. The number of pyridine rings is 1. The van der Waals surface area contributed by atoms with Gasteiger partial charge in [-0.15, -0.1) is 5.10 Å². The number of hydrogen-bond acceptors (Lipinski definition) is 5. The first-order chi connectivity index (χ1) is 11.2. The summed E-state index contributed by atoms with van der Waals surface area (Å²) in [5, 5.41) is 12.6. The van der Waals surface area contributed by atoms with E-state index in [0.717, 1.165) is 19.6 Å². The lowest BCUT2D eigenvalue weighted by Crippen LogP contribution is -2.36. The monoisotopic (exact) mass is 311 g/mol. The number of fused-ring (bicyclic) bond motifs is 1. The van der Waals surface area contributed by atoms with E-state index < -0.39 is 0 Å². The number of nitrogens with zero attached hydrogens (tertiary/aromatic N) is 7. The van der Waals surface area contributed by atoms with Crippen molar-refractivity contribution in [3.63, 3.8) is 0 Å². The zero-order valence-electron chi connectivity index (χ0n) is 13.4. The van der Waals surface area contributed by atoms with E-state index in [2.05, 4.69) is 51.4 Å². The van der Waals surface area contributed by atoms with E-state index in [0.29, 0.717) is 12.1 Å². The van der Waals surface area contributed by atoms with Crippen molar-refractivity contribution in [1.29, 1.82) is 0 Å². The largest absolute Gasteiger partial charge is 0.303 e. The summed E-state index contributed by atoms with van der Waals surface area (Å²) in [5.74, 6) is 0. The van der Waals surface area contributed by atoms with E-state index >= 15 is 0 Å². The summed E-state index contributed by atoms with van der Waals surface area (Å²) in [4.78, 5) is 4.75. The number of hydrogen-bond donors (Lipinski definition) is 0. The van der Waals surface area contributed by atoms with Gasteiger partial charge in [0.2, 0.25) is 0 Å². The van der Waals surface area contributed by atoms with Gasteiger partial charge in [-0.1, -0.05) is 11.3 Å². The van der Waals surface area contributed by atoms with Crippen LogP contribution in [-0.2, 0) is 6.54 Å². The quantitative estimate of drug-likeness (QED) is 0.717. The molecule has 120 valence electrons. The fourth-order valence-electron chi connectivity index (χ4n) is 3.49. The number of likely N-dealkylation sites (N-methyl/N-ethyl adjacent to an activating group) is 1. The molecule has 4 heterocycles. The number of rotatable bonds is 4. The van der Waals surface area contributed by atoms with Crippen LogP contribution < -0.4 is 0 Å². The third-order valence-electron chi connectivity index (χ3n) is 4.68. The summed E-state index contributed by atoms with van der Waals surface area (Å²) >= 11 is 0. The first-order valence-electron chi connectivity index (χ1n) is 7.88. The molecule has 1 aliphatic rings. The zero-order chi connectivity index (χ0) is 15.8. The molecule has 1 fully saturated rings. The van der Waals surface area contributed by atoms with E-state index in [-0.39, 0.29) is 0 Å². The smallest absolute Gasteiger partial charge is 0.0831 e. The van der Waals surface area contributed by atoms with Gasteiger partial charge in [-0.05, 0) is 26.2 Å². The molecule has 0 saturated carbocycles. The molecule has 0 spiro atoms. The van der Waals surface area contributed by atoms with Crippen LogP contribution in [-0.4, -0.2) is 67.6 Å². The Morgan fingerprint density at radius 1 is 1.22 bits per heavy atom. The van der Waals surface area contributed by atoms with Crippen LogP contribution >= 0.6 is 0 Å². The molecule has 0 bridgehead atoms. The second-order valence-corrected chi connectivity index (χ2v) is 6.38. The third kappa shape index (κ3) is 2.62. The highest BCUT2D eigenvalue weighted by Crippen LogP contribution is 2.26. The van der Waals surface area contributed by atoms with Crippen LogP contribution in [0.3, 0.4) is 0 Å². The van der Waals surface area contributed by atoms with Crippen LogP contribution in [0, 0.1) is 0 Å². The van der Waals surface area contributed by atoms with Crippen molar-refractivity contribution in [1.82, 2.24) is 34.4 Å². The van der Waals surface area contributed by atoms with E-state index in [1.165, 1.54) is 11.1 Å². The normalized spacial score (nSPS) is 22.4. The standard InChI is InChI=1S/C16H21N7/c1-20(2)15-11-21(12-16(15)23-8-6-17-19-23)10-13-9-18-22-7-4-3-5-14(13)22/h3-9,15-16H,10-12H2,1-2H3/t15-,16+/m1/s1. The maximum Gasteiger partial charge on any atom is 0.0831 e. The second kappa shape index (κ2) is 5.75. The molecule has 0 aromatic carbocycles. The number of aromatic nitrogens is 5. The van der Waals surface area contributed by atoms with Crippen LogP contribution in [0.5, 0.6) is 0 Å². The molecule has 7 heteroatoms. The highest BCUT2D eigenvalue weighted by Gasteiger charge is 2.36. The Hall–Kier alpha value is -2.25. The predicted octanol–water partition coefficient (Wildman–Crippen LogP) is 0.913. The van der Waals surface area contributed by atoms with E-state index in [1.54, 1.807) is 6.20 Å². The minimum Gasteiger partial charge on any atom is -0.303 e. The van der Waals surface area contributed by atoms with Gasteiger partial charge in [0.05, 0.1) is 24.0 Å². The molecule has 3 aromatic heterocycles. The minimum absolute atomic E-state index is 0.328. The van der Waals surface area contributed by atoms with E-state index in [9.17, 15) is 0 Å². The van der Waals surface area contributed by atoms with Gasteiger partial charge < -0.3 is 4.90 Å². The highest BCUT2D eigenvalue weighted by atomic mass is 15.5. The van der Waals surface area contributed by atoms with Gasteiger partial charge >= 0.3 is 0 Å². The van der Waals surface area contributed by atoms with Crippen molar-refractivity contribution in [3.05, 3.63) is 48.5 Å². The van der Waals surface area contributed by atoms with Crippen LogP contribution in [0.1, 0.15) is 11.6 Å². The zero-order valence-corrected chi connectivity index (χ0v) is 13.4. The summed E-state index contributed by atoms with van der Waals surface area (Å²) < 4.78 is 3.92. The molecular weight excluding hydrogens is 290 g/mol. The Bertz CT molecular complexity index is 777. The summed E-state index contributed by atoms with van der Waals surface area (Å²) in [7, 11) is 4.26. The molecular formula is C16H21N7. The summed E-state index contributed by atoms with van der Waals surface area (Å²) in [5.41, 5.74) is 2.44. The van der Waals surface area contributed by atoms with Crippen molar-refractivity contribution in [2.24, 2.45) is 0 Å². The molecule has 0 amide bonds. The van der Waals surface area contributed by atoms with E-state index in [4.69, 9.17) is 0 Å². The minimum atomic E-state index is 0.328. The van der Waals surface area contributed by atoms with Crippen LogP contribution in [0.15, 0.2) is 43.0 Å². The summed E-state index contributed by atoms with van der Waals surface area (Å²) in [6.45, 7) is 2.89. The Morgan fingerprint density at radius 2 is 2.13 bits per heavy atom. The van der Waals surface area contributed by atoms with Crippen molar-refractivity contribution in [2.75, 3.05) is 27.2 Å². The Kier molecular flexibility index (Phi) is 3.59. The van der Waals surface area contributed by atoms with Crippen molar-refractivity contribution < 1.29 is 0 Å². The van der Waals surface area contributed by atoms with Gasteiger partial charge in [0, 0.05) is 43.6 Å². The lowest BCUT2D eigenvalue weighted by molar-refractivity contribution is 0.237. The van der Waals surface area contributed by atoms with Crippen molar-refractivity contribution >= 4 is 5.52 Å². The van der Waals surface area contributed by atoms with Gasteiger partial charge in [0.15, 0.2) is 0 Å². The summed E-state index contributed by atoms with van der Waals surface area (Å²) in [6.07, 6.45) is 7.67. The average molecular weight is 311 g/mol. The molecule has 7 nitrogen and oxygen atoms in total. The molecule has 2 atom stereocenters. The Morgan fingerprint density at radius 3 is 2.91 bits per heavy atom. The van der Waals surface area contributed by atoms with E-state index in [1.807, 2.05) is 33.9 Å². The molecule has 0 N–H and O–H groups in total.